The van der Waals surface area contributed by atoms with Crippen LogP contribution >= 0.6 is 0 Å². The molecule has 1 unspecified atom stereocenters. The van der Waals surface area contributed by atoms with Crippen molar-refractivity contribution in [3.63, 3.8) is 0 Å². The van der Waals surface area contributed by atoms with Crippen LogP contribution in [0, 0.1) is 5.82 Å². The van der Waals surface area contributed by atoms with Crippen molar-refractivity contribution in [1.82, 2.24) is 15.1 Å². The average Bonchev–Trinajstić information content (AvgIpc) is 2.89. The standard InChI is InChI=1S/C12H10FN3O3/c13-7-1-2-9(14-5-7)11-15-12(19-16-11)8-6-18-4-3-10(8)17/h1-2,5,8H,3-4,6H2. The fraction of sp³-hybridized carbons (Fsp3) is 0.333. The third-order valence-corrected chi connectivity index (χ3v) is 2.86. The van der Waals surface area contributed by atoms with E-state index in [9.17, 15) is 9.18 Å². The van der Waals surface area contributed by atoms with Crippen LogP contribution in [0.25, 0.3) is 11.5 Å². The molecule has 19 heavy (non-hydrogen) atoms. The maximum absolute atomic E-state index is 12.8. The number of ketones is 1. The van der Waals surface area contributed by atoms with Gasteiger partial charge in [-0.05, 0) is 12.1 Å². The lowest BCUT2D eigenvalue weighted by Gasteiger charge is -2.16. The predicted octanol–water partition coefficient (Wildman–Crippen LogP) is 1.34. The van der Waals surface area contributed by atoms with Crippen LogP contribution in [0.1, 0.15) is 18.2 Å². The number of Topliss-reactive ketones (excluding diaryl/α,β-unsaturated/α-hetero) is 1. The molecule has 0 saturated carbocycles. The molecule has 98 valence electrons. The van der Waals surface area contributed by atoms with Gasteiger partial charge < -0.3 is 9.26 Å². The van der Waals surface area contributed by atoms with E-state index in [-0.39, 0.29) is 24.1 Å². The molecule has 1 atom stereocenters. The summed E-state index contributed by atoms with van der Waals surface area (Å²) in [6.07, 6.45) is 1.41. The number of carbonyl (C=O) groups excluding carboxylic acids is 1. The summed E-state index contributed by atoms with van der Waals surface area (Å²) in [6.45, 7) is 0.674. The Morgan fingerprint density at radius 3 is 3.00 bits per heavy atom. The molecule has 1 aliphatic rings. The fourth-order valence-corrected chi connectivity index (χ4v) is 1.84. The molecule has 0 radical (unpaired) electrons. The Labute approximate surface area is 107 Å². The monoisotopic (exact) mass is 263 g/mol. The Kier molecular flexibility index (Phi) is 3.04. The minimum atomic E-state index is -0.518. The molecule has 6 nitrogen and oxygen atoms in total. The smallest absolute Gasteiger partial charge is 0.239 e. The van der Waals surface area contributed by atoms with E-state index in [1.165, 1.54) is 12.1 Å². The van der Waals surface area contributed by atoms with Crippen molar-refractivity contribution in [2.75, 3.05) is 13.2 Å². The van der Waals surface area contributed by atoms with Crippen molar-refractivity contribution >= 4 is 5.78 Å². The molecule has 0 aliphatic carbocycles. The quantitative estimate of drug-likeness (QED) is 0.813. The summed E-state index contributed by atoms with van der Waals surface area (Å²) in [7, 11) is 0. The number of hydrogen-bond acceptors (Lipinski definition) is 6. The largest absolute Gasteiger partial charge is 0.380 e. The van der Waals surface area contributed by atoms with Gasteiger partial charge in [0.15, 0.2) is 0 Å². The van der Waals surface area contributed by atoms with Crippen LogP contribution in [0.2, 0.25) is 0 Å². The van der Waals surface area contributed by atoms with Gasteiger partial charge in [0.2, 0.25) is 11.7 Å². The first kappa shape index (κ1) is 11.9. The normalized spacial score (nSPS) is 19.6. The molecular weight excluding hydrogens is 253 g/mol. The Hall–Kier alpha value is -2.15. The van der Waals surface area contributed by atoms with E-state index in [4.69, 9.17) is 9.26 Å². The molecule has 0 spiro atoms. The molecule has 0 amide bonds. The highest BCUT2D eigenvalue weighted by Crippen LogP contribution is 2.23. The molecule has 3 heterocycles. The van der Waals surface area contributed by atoms with Crippen molar-refractivity contribution in [2.24, 2.45) is 0 Å². The zero-order chi connectivity index (χ0) is 13.2. The van der Waals surface area contributed by atoms with Crippen LogP contribution in [0.5, 0.6) is 0 Å². The topological polar surface area (TPSA) is 78.1 Å². The van der Waals surface area contributed by atoms with Crippen molar-refractivity contribution in [3.05, 3.63) is 30.0 Å². The number of hydrogen-bond donors (Lipinski definition) is 0. The second-order valence-electron chi connectivity index (χ2n) is 4.16. The first-order chi connectivity index (χ1) is 9.24. The van der Waals surface area contributed by atoms with E-state index in [1.807, 2.05) is 0 Å². The second kappa shape index (κ2) is 4.85. The summed E-state index contributed by atoms with van der Waals surface area (Å²) in [4.78, 5) is 19.7. The molecular formula is C12H10FN3O3. The lowest BCUT2D eigenvalue weighted by Crippen LogP contribution is -2.25. The predicted molar refractivity (Wildman–Crippen MR) is 60.7 cm³/mol. The number of aromatic nitrogens is 3. The van der Waals surface area contributed by atoms with Crippen molar-refractivity contribution < 1.29 is 18.4 Å². The molecule has 2 aromatic rings. The number of halogens is 1. The highest BCUT2D eigenvalue weighted by Gasteiger charge is 2.30. The molecule has 2 aromatic heterocycles. The van der Waals surface area contributed by atoms with E-state index < -0.39 is 11.7 Å². The van der Waals surface area contributed by atoms with Gasteiger partial charge >= 0.3 is 0 Å². The summed E-state index contributed by atoms with van der Waals surface area (Å²) >= 11 is 0. The number of pyridine rings is 1. The van der Waals surface area contributed by atoms with Crippen LogP contribution in [-0.4, -0.2) is 34.1 Å². The van der Waals surface area contributed by atoms with Crippen LogP contribution in [0.3, 0.4) is 0 Å². The minimum absolute atomic E-state index is 0.0218. The van der Waals surface area contributed by atoms with Crippen molar-refractivity contribution in [1.29, 1.82) is 0 Å². The van der Waals surface area contributed by atoms with Crippen molar-refractivity contribution in [3.8, 4) is 11.5 Å². The van der Waals surface area contributed by atoms with Crippen molar-refractivity contribution in [2.45, 2.75) is 12.3 Å². The van der Waals surface area contributed by atoms with Gasteiger partial charge in [0.25, 0.3) is 0 Å². The van der Waals surface area contributed by atoms with Gasteiger partial charge in [0.1, 0.15) is 23.2 Å². The van der Waals surface area contributed by atoms with E-state index in [2.05, 4.69) is 15.1 Å². The molecule has 1 saturated heterocycles. The Bertz CT molecular complexity index is 597. The Morgan fingerprint density at radius 2 is 2.26 bits per heavy atom. The van der Waals surface area contributed by atoms with E-state index in [0.717, 1.165) is 6.20 Å². The molecule has 3 rings (SSSR count). The highest BCUT2D eigenvalue weighted by atomic mass is 19.1. The maximum Gasteiger partial charge on any atom is 0.239 e. The van der Waals surface area contributed by atoms with Crippen LogP contribution in [-0.2, 0) is 9.53 Å². The van der Waals surface area contributed by atoms with Crippen LogP contribution in [0.15, 0.2) is 22.9 Å². The lowest BCUT2D eigenvalue weighted by molar-refractivity contribution is -0.127. The van der Waals surface area contributed by atoms with Gasteiger partial charge in [0, 0.05) is 6.42 Å². The number of carbonyl (C=O) groups is 1. The van der Waals surface area contributed by atoms with E-state index >= 15 is 0 Å². The Balaban J connectivity index is 1.86. The lowest BCUT2D eigenvalue weighted by atomic mass is 10.0. The third-order valence-electron chi connectivity index (χ3n) is 2.86. The zero-order valence-electron chi connectivity index (χ0n) is 9.88. The summed E-state index contributed by atoms with van der Waals surface area (Å²) in [5.41, 5.74) is 0.389. The van der Waals surface area contributed by atoms with Crippen LogP contribution in [0.4, 0.5) is 4.39 Å². The SMILES string of the molecule is O=C1CCOCC1c1nc(-c2ccc(F)cn2)no1. The summed E-state index contributed by atoms with van der Waals surface area (Å²) in [5.74, 6) is -0.494. The van der Waals surface area contributed by atoms with Gasteiger partial charge in [0.05, 0.1) is 19.4 Å². The van der Waals surface area contributed by atoms with E-state index in [0.29, 0.717) is 18.7 Å². The molecule has 0 bridgehead atoms. The fourth-order valence-electron chi connectivity index (χ4n) is 1.84. The van der Waals surface area contributed by atoms with Gasteiger partial charge in [-0.3, -0.25) is 4.79 Å². The van der Waals surface area contributed by atoms with E-state index in [1.54, 1.807) is 0 Å². The number of rotatable bonds is 2. The number of nitrogens with zero attached hydrogens (tertiary/aromatic N) is 3. The third kappa shape index (κ3) is 2.37. The summed E-state index contributed by atoms with van der Waals surface area (Å²) in [5, 5.41) is 3.75. The number of ether oxygens (including phenoxy) is 1. The minimum Gasteiger partial charge on any atom is -0.380 e. The molecule has 0 N–H and O–H groups in total. The zero-order valence-corrected chi connectivity index (χ0v) is 9.88. The summed E-state index contributed by atoms with van der Waals surface area (Å²) in [6, 6.07) is 2.70. The Morgan fingerprint density at radius 1 is 1.37 bits per heavy atom. The summed E-state index contributed by atoms with van der Waals surface area (Å²) < 4.78 is 23.0. The van der Waals surface area contributed by atoms with Gasteiger partial charge in [-0.2, -0.15) is 4.98 Å². The molecule has 0 aromatic carbocycles. The molecule has 1 fully saturated rings. The molecule has 1 aliphatic heterocycles. The average molecular weight is 263 g/mol. The highest BCUT2D eigenvalue weighted by molar-refractivity contribution is 5.85. The van der Waals surface area contributed by atoms with Gasteiger partial charge in [-0.25, -0.2) is 9.37 Å². The molecule has 7 heteroatoms. The van der Waals surface area contributed by atoms with Crippen LogP contribution < -0.4 is 0 Å². The second-order valence-corrected chi connectivity index (χ2v) is 4.16. The van der Waals surface area contributed by atoms with Gasteiger partial charge in [-0.15, -0.1) is 0 Å². The first-order valence-corrected chi connectivity index (χ1v) is 5.80. The first-order valence-electron chi connectivity index (χ1n) is 5.80. The maximum atomic E-state index is 12.8. The van der Waals surface area contributed by atoms with Gasteiger partial charge in [-0.1, -0.05) is 5.16 Å².